The summed E-state index contributed by atoms with van der Waals surface area (Å²) >= 11 is 5.98. The van der Waals surface area contributed by atoms with Gasteiger partial charge < -0.3 is 5.32 Å². The number of carbonyl (C=O) groups excluding carboxylic acids is 2. The van der Waals surface area contributed by atoms with Gasteiger partial charge in [-0.3, -0.25) is 14.5 Å². The molecule has 0 unspecified atom stereocenters. The van der Waals surface area contributed by atoms with Crippen LogP contribution in [0.15, 0.2) is 36.5 Å². The topological polar surface area (TPSA) is 62.3 Å². The number of nitrogens with one attached hydrogen (secondary N) is 1. The van der Waals surface area contributed by atoms with E-state index in [1.807, 2.05) is 26.0 Å². The number of pyridine rings is 1. The number of amides is 2. The normalized spacial score (nSPS) is 22.2. The number of rotatable bonds is 4. The molecule has 4 rings (SSSR count). The van der Waals surface area contributed by atoms with Crippen molar-refractivity contribution >= 4 is 29.2 Å². The molecule has 1 fully saturated rings. The summed E-state index contributed by atoms with van der Waals surface area (Å²) in [6.45, 7) is 4.37. The predicted octanol–water partition coefficient (Wildman–Crippen LogP) is 5.37. The summed E-state index contributed by atoms with van der Waals surface area (Å²) in [6.07, 6.45) is 0.0564. The van der Waals surface area contributed by atoms with Crippen LogP contribution in [0.2, 0.25) is 5.02 Å². The molecule has 2 heterocycles. The van der Waals surface area contributed by atoms with Crippen molar-refractivity contribution in [1.29, 1.82) is 0 Å². The van der Waals surface area contributed by atoms with E-state index in [0.717, 1.165) is 36.6 Å². The van der Waals surface area contributed by atoms with Gasteiger partial charge in [-0.1, -0.05) is 17.7 Å². The number of nitrogens with zero attached hydrogens (tertiary/aromatic N) is 2. The summed E-state index contributed by atoms with van der Waals surface area (Å²) in [5, 5.41) is 2.80. The molecule has 2 aromatic rings. The number of benzene rings is 1. The largest absolute Gasteiger partial charge is 0.416 e. The lowest BCUT2D eigenvalue weighted by atomic mass is 9.85. The highest BCUT2D eigenvalue weighted by Gasteiger charge is 2.45. The molecular formula is C24H25ClF3N3O2. The summed E-state index contributed by atoms with van der Waals surface area (Å²) < 4.78 is 39.0. The Morgan fingerprint density at radius 3 is 2.58 bits per heavy atom. The number of hydrogen-bond acceptors (Lipinski definition) is 3. The van der Waals surface area contributed by atoms with Crippen molar-refractivity contribution in [2.75, 3.05) is 11.4 Å². The van der Waals surface area contributed by atoms with Crippen molar-refractivity contribution in [3.8, 4) is 0 Å². The molecule has 1 aromatic heterocycles. The van der Waals surface area contributed by atoms with Gasteiger partial charge in [0, 0.05) is 24.3 Å². The highest BCUT2D eigenvalue weighted by molar-refractivity contribution is 6.33. The highest BCUT2D eigenvalue weighted by Crippen LogP contribution is 2.41. The molecule has 176 valence electrons. The second-order valence-electron chi connectivity index (χ2n) is 9.30. The fourth-order valence-corrected chi connectivity index (χ4v) is 4.91. The van der Waals surface area contributed by atoms with Crippen LogP contribution < -0.4 is 10.2 Å². The zero-order valence-electron chi connectivity index (χ0n) is 18.4. The van der Waals surface area contributed by atoms with E-state index in [-0.39, 0.29) is 28.5 Å². The molecule has 5 nitrogen and oxygen atoms in total. The number of carbonyl (C=O) groups is 2. The zero-order valence-corrected chi connectivity index (χ0v) is 19.1. The third-order valence-electron chi connectivity index (χ3n) is 6.66. The van der Waals surface area contributed by atoms with E-state index in [1.165, 1.54) is 0 Å². The molecule has 0 atom stereocenters. The molecule has 0 bridgehead atoms. The Balaban J connectivity index is 1.37. The first-order valence-corrected chi connectivity index (χ1v) is 11.3. The molecule has 2 amide bonds. The van der Waals surface area contributed by atoms with E-state index in [9.17, 15) is 22.8 Å². The Labute approximate surface area is 195 Å². The number of hydrogen-bond donors (Lipinski definition) is 1. The smallest absolute Gasteiger partial charge is 0.349 e. The molecule has 1 aliphatic heterocycles. The van der Waals surface area contributed by atoms with Crippen LogP contribution in [-0.2, 0) is 16.4 Å². The average molecular weight is 480 g/mol. The quantitative estimate of drug-likeness (QED) is 0.641. The Kier molecular flexibility index (Phi) is 6.16. The first kappa shape index (κ1) is 23.5. The molecule has 1 aliphatic carbocycles. The van der Waals surface area contributed by atoms with Crippen molar-refractivity contribution < 1.29 is 22.8 Å². The Bertz CT molecular complexity index is 1080. The molecule has 1 N–H and O–H groups in total. The average Bonchev–Trinajstić information content (AvgIpc) is 2.95. The van der Waals surface area contributed by atoms with E-state index in [1.54, 1.807) is 11.1 Å². The molecule has 9 heteroatoms. The van der Waals surface area contributed by atoms with E-state index >= 15 is 0 Å². The number of alkyl halides is 3. The van der Waals surface area contributed by atoms with E-state index in [2.05, 4.69) is 10.3 Å². The van der Waals surface area contributed by atoms with Gasteiger partial charge >= 0.3 is 6.18 Å². The predicted molar refractivity (Wildman–Crippen MR) is 119 cm³/mol. The third-order valence-corrected chi connectivity index (χ3v) is 6.99. The second kappa shape index (κ2) is 8.63. The Morgan fingerprint density at radius 1 is 1.21 bits per heavy atom. The number of halogens is 4. The molecule has 0 radical (unpaired) electrons. The number of aromatic nitrogens is 1. The van der Waals surface area contributed by atoms with Gasteiger partial charge in [-0.15, -0.1) is 0 Å². The maximum Gasteiger partial charge on any atom is 0.416 e. The summed E-state index contributed by atoms with van der Waals surface area (Å²) in [5.74, 6) is 0.389. The molecular weight excluding hydrogens is 455 g/mol. The lowest BCUT2D eigenvalue weighted by molar-refractivity contribution is -0.137. The van der Waals surface area contributed by atoms with Crippen LogP contribution in [0.3, 0.4) is 0 Å². The van der Waals surface area contributed by atoms with Crippen LogP contribution in [-0.4, -0.2) is 29.4 Å². The standard InChI is InChI=1S/C24H25ClF3N3O2/c1-23(2)18-4-3-11-29-20(18)31(22(23)33)13-14-5-8-16(9-6-14)30-21(32)17-12-15(24(26,27)28)7-10-19(17)25/h3-4,7,10-12,14,16H,5-6,8-9,13H2,1-2H3,(H,30,32). The lowest BCUT2D eigenvalue weighted by Gasteiger charge is -2.32. The summed E-state index contributed by atoms with van der Waals surface area (Å²) in [6, 6.07) is 6.35. The number of fused-ring (bicyclic) bond motifs is 1. The van der Waals surface area contributed by atoms with Crippen molar-refractivity contribution in [3.63, 3.8) is 0 Å². The van der Waals surface area contributed by atoms with Gasteiger partial charge in [0.2, 0.25) is 5.91 Å². The third kappa shape index (κ3) is 4.58. The van der Waals surface area contributed by atoms with Gasteiger partial charge in [-0.05, 0) is 69.7 Å². The van der Waals surface area contributed by atoms with Gasteiger partial charge in [0.25, 0.3) is 5.91 Å². The zero-order chi connectivity index (χ0) is 24.0. The van der Waals surface area contributed by atoms with Crippen LogP contribution >= 0.6 is 11.6 Å². The van der Waals surface area contributed by atoms with Gasteiger partial charge in [-0.25, -0.2) is 4.98 Å². The molecule has 2 aliphatic rings. The maximum atomic E-state index is 13.0. The van der Waals surface area contributed by atoms with Gasteiger partial charge in [0.15, 0.2) is 0 Å². The fraction of sp³-hybridized carbons (Fsp3) is 0.458. The van der Waals surface area contributed by atoms with Crippen molar-refractivity contribution in [2.45, 2.75) is 57.2 Å². The van der Waals surface area contributed by atoms with Crippen molar-refractivity contribution in [1.82, 2.24) is 10.3 Å². The fourth-order valence-electron chi connectivity index (χ4n) is 4.70. The first-order valence-electron chi connectivity index (χ1n) is 10.9. The minimum Gasteiger partial charge on any atom is -0.349 e. The SMILES string of the molecule is CC1(C)C(=O)N(CC2CCC(NC(=O)c3cc(C(F)(F)F)ccc3Cl)CC2)c2ncccc21. The Hall–Kier alpha value is -2.61. The Morgan fingerprint density at radius 2 is 1.91 bits per heavy atom. The van der Waals surface area contributed by atoms with Crippen LogP contribution in [0.25, 0.3) is 0 Å². The van der Waals surface area contributed by atoms with Crippen LogP contribution in [0, 0.1) is 5.92 Å². The minimum absolute atomic E-state index is 0.0180. The molecule has 1 aromatic carbocycles. The van der Waals surface area contributed by atoms with Gasteiger partial charge in [-0.2, -0.15) is 13.2 Å². The van der Waals surface area contributed by atoms with Gasteiger partial charge in [0.05, 0.1) is 21.6 Å². The van der Waals surface area contributed by atoms with E-state index < -0.39 is 23.1 Å². The maximum absolute atomic E-state index is 13.0. The van der Waals surface area contributed by atoms with Crippen LogP contribution in [0.5, 0.6) is 0 Å². The van der Waals surface area contributed by atoms with Crippen molar-refractivity contribution in [2.24, 2.45) is 5.92 Å². The lowest BCUT2D eigenvalue weighted by Crippen LogP contribution is -2.42. The monoisotopic (exact) mass is 479 g/mol. The summed E-state index contributed by atoms with van der Waals surface area (Å²) in [4.78, 5) is 31.8. The van der Waals surface area contributed by atoms with Crippen molar-refractivity contribution in [3.05, 3.63) is 58.2 Å². The van der Waals surface area contributed by atoms with Gasteiger partial charge in [0.1, 0.15) is 5.82 Å². The van der Waals surface area contributed by atoms with E-state index in [0.29, 0.717) is 25.2 Å². The molecule has 0 saturated heterocycles. The molecule has 1 saturated carbocycles. The highest BCUT2D eigenvalue weighted by atomic mass is 35.5. The molecule has 33 heavy (non-hydrogen) atoms. The minimum atomic E-state index is -4.55. The van der Waals surface area contributed by atoms with Crippen LogP contribution in [0.1, 0.15) is 61.0 Å². The van der Waals surface area contributed by atoms with E-state index in [4.69, 9.17) is 11.6 Å². The summed E-state index contributed by atoms with van der Waals surface area (Å²) in [5.41, 5.74) is -0.776. The van der Waals surface area contributed by atoms with Crippen LogP contribution in [0.4, 0.5) is 19.0 Å². The number of anilines is 1. The second-order valence-corrected chi connectivity index (χ2v) is 9.71. The molecule has 0 spiro atoms. The summed E-state index contributed by atoms with van der Waals surface area (Å²) in [7, 11) is 0. The first-order chi connectivity index (χ1) is 15.5.